The van der Waals surface area contributed by atoms with Crippen LogP contribution in [0.5, 0.6) is 5.75 Å². The van der Waals surface area contributed by atoms with Crippen LogP contribution in [0.1, 0.15) is 17.5 Å². The number of methoxy groups -OCH3 is 1. The van der Waals surface area contributed by atoms with E-state index in [0.29, 0.717) is 19.5 Å². The molecule has 1 aromatic heterocycles. The van der Waals surface area contributed by atoms with Crippen LogP contribution in [-0.4, -0.2) is 23.9 Å². The second-order valence-electron chi connectivity index (χ2n) is 6.05. The Morgan fingerprint density at radius 3 is 2.36 bits per heavy atom. The third-order valence-electron chi connectivity index (χ3n) is 4.33. The Balaban J connectivity index is 1.44. The highest BCUT2D eigenvalue weighted by molar-refractivity contribution is 5.92. The van der Waals surface area contributed by atoms with Gasteiger partial charge >= 0.3 is 0 Å². The first-order chi connectivity index (χ1) is 12.2. The largest absolute Gasteiger partial charge is 0.496 e. The number of pyridine rings is 1. The predicted octanol–water partition coefficient (Wildman–Crippen LogP) is 1.66. The highest BCUT2D eigenvalue weighted by atomic mass is 16.5. The first-order valence-corrected chi connectivity index (χ1v) is 8.25. The number of nitrogens with zero attached hydrogens (tertiary/aromatic N) is 1. The SMILES string of the molecule is COc1ccccc1CNC(=O)C1CC1C(=O)NCc1ccncc1. The van der Waals surface area contributed by atoms with Gasteiger partial charge in [-0.2, -0.15) is 0 Å². The van der Waals surface area contributed by atoms with E-state index in [1.165, 1.54) is 0 Å². The highest BCUT2D eigenvalue weighted by Gasteiger charge is 2.47. The summed E-state index contributed by atoms with van der Waals surface area (Å²) in [6.07, 6.45) is 3.97. The lowest BCUT2D eigenvalue weighted by Gasteiger charge is -2.09. The van der Waals surface area contributed by atoms with Crippen molar-refractivity contribution in [2.45, 2.75) is 19.5 Å². The molecule has 25 heavy (non-hydrogen) atoms. The number of nitrogens with one attached hydrogen (secondary N) is 2. The number of ether oxygens (including phenoxy) is 1. The van der Waals surface area contributed by atoms with Gasteiger partial charge in [-0.3, -0.25) is 14.6 Å². The number of benzene rings is 1. The van der Waals surface area contributed by atoms with E-state index in [2.05, 4.69) is 15.6 Å². The van der Waals surface area contributed by atoms with Crippen LogP contribution < -0.4 is 15.4 Å². The van der Waals surface area contributed by atoms with Crippen LogP contribution in [0.15, 0.2) is 48.8 Å². The monoisotopic (exact) mass is 339 g/mol. The Morgan fingerprint density at radius 1 is 1.04 bits per heavy atom. The normalized spacial score (nSPS) is 18.3. The summed E-state index contributed by atoms with van der Waals surface area (Å²) < 4.78 is 5.27. The van der Waals surface area contributed by atoms with Crippen LogP contribution in [0.3, 0.4) is 0 Å². The lowest BCUT2D eigenvalue weighted by atomic mass is 10.2. The zero-order chi connectivity index (χ0) is 17.6. The summed E-state index contributed by atoms with van der Waals surface area (Å²) in [5.41, 5.74) is 1.90. The number of aromatic nitrogens is 1. The minimum atomic E-state index is -0.243. The van der Waals surface area contributed by atoms with Crippen LogP contribution in [-0.2, 0) is 22.7 Å². The molecule has 2 atom stereocenters. The summed E-state index contributed by atoms with van der Waals surface area (Å²) >= 11 is 0. The average molecular weight is 339 g/mol. The molecular formula is C19H21N3O3. The topological polar surface area (TPSA) is 80.3 Å². The molecule has 1 saturated carbocycles. The van der Waals surface area contributed by atoms with Gasteiger partial charge in [0, 0.05) is 31.0 Å². The molecule has 1 heterocycles. The number of hydrogen-bond acceptors (Lipinski definition) is 4. The summed E-state index contributed by atoms with van der Waals surface area (Å²) in [4.78, 5) is 28.3. The van der Waals surface area contributed by atoms with Gasteiger partial charge in [0.2, 0.25) is 11.8 Å². The van der Waals surface area contributed by atoms with E-state index in [4.69, 9.17) is 4.74 Å². The molecule has 1 fully saturated rings. The standard InChI is InChI=1S/C19H21N3O3/c1-25-17-5-3-2-4-14(17)12-22-19(24)16-10-15(16)18(23)21-11-13-6-8-20-9-7-13/h2-9,15-16H,10-12H2,1H3,(H,21,23)(H,22,24). The summed E-state index contributed by atoms with van der Waals surface area (Å²) in [5, 5.41) is 5.76. The molecule has 0 spiro atoms. The van der Waals surface area contributed by atoms with Crippen molar-refractivity contribution in [2.24, 2.45) is 11.8 Å². The van der Waals surface area contributed by atoms with E-state index in [0.717, 1.165) is 16.9 Å². The molecule has 2 N–H and O–H groups in total. The van der Waals surface area contributed by atoms with Gasteiger partial charge in [0.1, 0.15) is 5.75 Å². The quantitative estimate of drug-likeness (QED) is 0.804. The summed E-state index contributed by atoms with van der Waals surface area (Å²) in [7, 11) is 1.60. The Bertz CT molecular complexity index is 749. The van der Waals surface area contributed by atoms with Crippen molar-refractivity contribution >= 4 is 11.8 Å². The Morgan fingerprint density at radius 2 is 1.68 bits per heavy atom. The molecule has 2 aromatic rings. The van der Waals surface area contributed by atoms with Crippen LogP contribution in [0.4, 0.5) is 0 Å². The maximum Gasteiger partial charge on any atom is 0.224 e. The van der Waals surface area contributed by atoms with Crippen LogP contribution in [0, 0.1) is 11.8 Å². The Labute approximate surface area is 146 Å². The van der Waals surface area contributed by atoms with Crippen molar-refractivity contribution in [3.8, 4) is 5.75 Å². The van der Waals surface area contributed by atoms with E-state index in [-0.39, 0.29) is 23.7 Å². The smallest absolute Gasteiger partial charge is 0.224 e. The average Bonchev–Trinajstić information content (AvgIpc) is 3.46. The van der Waals surface area contributed by atoms with Gasteiger partial charge in [-0.1, -0.05) is 18.2 Å². The number of carbonyl (C=O) groups is 2. The number of amides is 2. The van der Waals surface area contributed by atoms with Gasteiger partial charge in [-0.05, 0) is 30.2 Å². The molecule has 2 unspecified atom stereocenters. The molecule has 1 aliphatic rings. The molecule has 3 rings (SSSR count). The predicted molar refractivity (Wildman–Crippen MR) is 92.5 cm³/mol. The van der Waals surface area contributed by atoms with E-state index in [1.807, 2.05) is 36.4 Å². The maximum atomic E-state index is 12.2. The van der Waals surface area contributed by atoms with Crippen molar-refractivity contribution in [1.82, 2.24) is 15.6 Å². The van der Waals surface area contributed by atoms with Gasteiger partial charge in [-0.25, -0.2) is 0 Å². The third kappa shape index (κ3) is 4.35. The van der Waals surface area contributed by atoms with E-state index in [9.17, 15) is 9.59 Å². The second kappa shape index (κ2) is 7.79. The number of hydrogen-bond donors (Lipinski definition) is 2. The fourth-order valence-electron chi connectivity index (χ4n) is 2.76. The van der Waals surface area contributed by atoms with Crippen molar-refractivity contribution in [2.75, 3.05) is 7.11 Å². The zero-order valence-electron chi connectivity index (χ0n) is 14.1. The van der Waals surface area contributed by atoms with Gasteiger partial charge in [0.25, 0.3) is 0 Å². The van der Waals surface area contributed by atoms with E-state index >= 15 is 0 Å². The molecule has 2 amide bonds. The number of rotatable bonds is 7. The summed E-state index contributed by atoms with van der Waals surface area (Å²) in [6.45, 7) is 0.845. The third-order valence-corrected chi connectivity index (χ3v) is 4.33. The van der Waals surface area contributed by atoms with E-state index in [1.54, 1.807) is 19.5 Å². The zero-order valence-corrected chi connectivity index (χ0v) is 14.1. The molecule has 1 aromatic carbocycles. The fourth-order valence-corrected chi connectivity index (χ4v) is 2.76. The molecule has 6 heteroatoms. The van der Waals surface area contributed by atoms with Gasteiger partial charge in [0.15, 0.2) is 0 Å². The van der Waals surface area contributed by atoms with Gasteiger partial charge in [0.05, 0.1) is 18.9 Å². The van der Waals surface area contributed by atoms with Crippen molar-refractivity contribution in [3.63, 3.8) is 0 Å². The van der Waals surface area contributed by atoms with Crippen molar-refractivity contribution < 1.29 is 14.3 Å². The summed E-state index contributed by atoms with van der Waals surface area (Å²) in [6, 6.07) is 11.2. The molecule has 0 aliphatic heterocycles. The lowest BCUT2D eigenvalue weighted by molar-refractivity contribution is -0.127. The lowest BCUT2D eigenvalue weighted by Crippen LogP contribution is -2.29. The molecule has 1 aliphatic carbocycles. The van der Waals surface area contributed by atoms with Crippen molar-refractivity contribution in [1.29, 1.82) is 0 Å². The highest BCUT2D eigenvalue weighted by Crippen LogP contribution is 2.38. The van der Waals surface area contributed by atoms with Crippen molar-refractivity contribution in [3.05, 3.63) is 59.9 Å². The Kier molecular flexibility index (Phi) is 5.28. The Hall–Kier alpha value is -2.89. The molecule has 0 bridgehead atoms. The van der Waals surface area contributed by atoms with Gasteiger partial charge in [-0.15, -0.1) is 0 Å². The van der Waals surface area contributed by atoms with E-state index < -0.39 is 0 Å². The summed E-state index contributed by atoms with van der Waals surface area (Å²) in [5.74, 6) is 0.0983. The van der Waals surface area contributed by atoms with Crippen LogP contribution >= 0.6 is 0 Å². The number of carbonyl (C=O) groups excluding carboxylic acids is 2. The molecular weight excluding hydrogens is 318 g/mol. The molecule has 130 valence electrons. The fraction of sp³-hybridized carbons (Fsp3) is 0.316. The molecule has 0 radical (unpaired) electrons. The van der Waals surface area contributed by atoms with Crippen LogP contribution in [0.25, 0.3) is 0 Å². The first-order valence-electron chi connectivity index (χ1n) is 8.25. The maximum absolute atomic E-state index is 12.2. The minimum Gasteiger partial charge on any atom is -0.496 e. The molecule has 0 saturated heterocycles. The second-order valence-corrected chi connectivity index (χ2v) is 6.05. The molecule has 6 nitrogen and oxygen atoms in total. The van der Waals surface area contributed by atoms with Crippen LogP contribution in [0.2, 0.25) is 0 Å². The first kappa shape index (κ1) is 17.0. The van der Waals surface area contributed by atoms with Gasteiger partial charge < -0.3 is 15.4 Å². The minimum absolute atomic E-state index is 0.0748. The number of para-hydroxylation sites is 1.